The summed E-state index contributed by atoms with van der Waals surface area (Å²) in [5, 5.41) is 11.3. The first kappa shape index (κ1) is 27.0. The molecule has 9 rings (SSSR count). The van der Waals surface area contributed by atoms with Gasteiger partial charge in [0, 0.05) is 28.1 Å². The Balaban J connectivity index is 1.19. The number of hydrogen-bond donors (Lipinski definition) is 1. The summed E-state index contributed by atoms with van der Waals surface area (Å²) in [6.07, 6.45) is 0. The number of nitrogens with zero attached hydrogens (tertiary/aromatic N) is 3. The van der Waals surface area contributed by atoms with Gasteiger partial charge in [-0.05, 0) is 76.9 Å². The summed E-state index contributed by atoms with van der Waals surface area (Å²) >= 11 is 0. The van der Waals surface area contributed by atoms with Crippen LogP contribution in [0.4, 0.5) is 17.1 Å². The van der Waals surface area contributed by atoms with E-state index in [2.05, 4.69) is 137 Å². The molecule has 0 fully saturated rings. The minimum absolute atomic E-state index is 0.246. The zero-order valence-corrected chi connectivity index (χ0v) is 25.5. The monoisotopic (exact) mass is 603 g/mol. The number of imidazole rings is 1. The van der Waals surface area contributed by atoms with Crippen LogP contribution >= 0.6 is 0 Å². The first-order chi connectivity index (χ1) is 23.2. The van der Waals surface area contributed by atoms with Gasteiger partial charge in [0.1, 0.15) is 11.6 Å². The van der Waals surface area contributed by atoms with Crippen molar-refractivity contribution in [2.24, 2.45) is 0 Å². The highest BCUT2D eigenvalue weighted by Gasteiger charge is 2.28. The quantitative estimate of drug-likeness (QED) is 0.218. The van der Waals surface area contributed by atoms with E-state index in [4.69, 9.17) is 4.98 Å². The zero-order chi connectivity index (χ0) is 31.3. The van der Waals surface area contributed by atoms with Gasteiger partial charge in [-0.15, -0.1) is 0 Å². The third-order valence-electron chi connectivity index (χ3n) is 9.05. The number of para-hydroxylation sites is 5. The van der Waals surface area contributed by atoms with Crippen molar-refractivity contribution in [3.05, 3.63) is 170 Å². The zero-order valence-electron chi connectivity index (χ0n) is 25.5. The second-order valence-electron chi connectivity index (χ2n) is 11.8. The molecule has 8 aromatic rings. The first-order valence-corrected chi connectivity index (χ1v) is 15.8. The number of anilines is 3. The Morgan fingerprint density at radius 2 is 1.04 bits per heavy atom. The van der Waals surface area contributed by atoms with E-state index in [0.29, 0.717) is 0 Å². The second-order valence-corrected chi connectivity index (χ2v) is 11.8. The maximum atomic E-state index is 11.3. The van der Waals surface area contributed by atoms with Crippen LogP contribution in [0.25, 0.3) is 61.5 Å². The van der Waals surface area contributed by atoms with E-state index in [9.17, 15) is 5.11 Å². The smallest absolute Gasteiger partial charge is 0.145 e. The third kappa shape index (κ3) is 4.42. The van der Waals surface area contributed by atoms with Gasteiger partial charge in [0.05, 0.1) is 22.4 Å². The van der Waals surface area contributed by atoms with Crippen molar-refractivity contribution in [2.75, 3.05) is 4.90 Å². The molecule has 0 aliphatic carbocycles. The van der Waals surface area contributed by atoms with E-state index < -0.39 is 0 Å². The van der Waals surface area contributed by atoms with Crippen LogP contribution in [0.2, 0.25) is 0 Å². The van der Waals surface area contributed by atoms with Crippen LogP contribution in [0.5, 0.6) is 5.75 Å². The number of phenols is 1. The van der Waals surface area contributed by atoms with Crippen LogP contribution in [0.15, 0.2) is 170 Å². The summed E-state index contributed by atoms with van der Waals surface area (Å²) < 4.78 is 2.23. The molecule has 47 heavy (non-hydrogen) atoms. The van der Waals surface area contributed by atoms with Gasteiger partial charge in [0.25, 0.3) is 0 Å². The van der Waals surface area contributed by atoms with Gasteiger partial charge in [0.2, 0.25) is 0 Å². The summed E-state index contributed by atoms with van der Waals surface area (Å²) in [6.45, 7) is 0. The maximum Gasteiger partial charge on any atom is 0.145 e. The molecule has 0 amide bonds. The molecule has 0 atom stereocenters. The van der Waals surface area contributed by atoms with Gasteiger partial charge in [-0.25, -0.2) is 4.98 Å². The number of fused-ring (bicyclic) bond motifs is 6. The number of aromatic nitrogens is 2. The molecule has 1 aromatic heterocycles. The molecule has 0 bridgehead atoms. The van der Waals surface area contributed by atoms with Crippen molar-refractivity contribution in [1.82, 2.24) is 9.55 Å². The predicted octanol–water partition coefficient (Wildman–Crippen LogP) is 11.2. The first-order valence-electron chi connectivity index (χ1n) is 15.8. The van der Waals surface area contributed by atoms with Gasteiger partial charge in [-0.1, -0.05) is 115 Å². The second kappa shape index (κ2) is 10.9. The highest BCUT2D eigenvalue weighted by atomic mass is 16.3. The maximum absolute atomic E-state index is 11.3. The average Bonchev–Trinajstić information content (AvgIpc) is 3.47. The molecule has 0 unspecified atom stereocenters. The lowest BCUT2D eigenvalue weighted by molar-refractivity contribution is 0.477. The fourth-order valence-corrected chi connectivity index (χ4v) is 6.90. The normalized spacial score (nSPS) is 11.9. The van der Waals surface area contributed by atoms with Crippen LogP contribution in [0.3, 0.4) is 0 Å². The number of benzene rings is 7. The molecule has 0 spiro atoms. The largest absolute Gasteiger partial charge is 0.506 e. The standard InChI is InChI=1S/C43H29N3O/c47-41-21-11-18-36-34-16-7-8-17-35(34)37-28-31(26-27-39(37)45(42(36)41)32-12-3-1-4-13-32)29-22-24-30(25-23-29)43-44-38-19-9-10-20-40(38)46(43)33-14-5-2-6-15-33/h1-28,47H. The number of phenolic OH excluding ortho intramolecular Hbond substituents is 1. The van der Waals surface area contributed by atoms with Crippen molar-refractivity contribution in [1.29, 1.82) is 0 Å². The van der Waals surface area contributed by atoms with E-state index >= 15 is 0 Å². The summed E-state index contributed by atoms with van der Waals surface area (Å²) in [4.78, 5) is 7.24. The van der Waals surface area contributed by atoms with E-state index in [1.165, 1.54) is 0 Å². The Hall–Kier alpha value is -6.39. The lowest BCUT2D eigenvalue weighted by Crippen LogP contribution is -2.11. The molecular formula is C43H29N3O. The lowest BCUT2D eigenvalue weighted by Gasteiger charge is -2.28. The Morgan fingerprint density at radius 3 is 1.81 bits per heavy atom. The highest BCUT2D eigenvalue weighted by Crippen LogP contribution is 2.54. The Kier molecular flexibility index (Phi) is 6.25. The van der Waals surface area contributed by atoms with Gasteiger partial charge < -0.3 is 10.0 Å². The van der Waals surface area contributed by atoms with Crippen molar-refractivity contribution >= 4 is 28.1 Å². The molecule has 1 aliphatic heterocycles. The molecule has 1 aliphatic rings. The predicted molar refractivity (Wildman–Crippen MR) is 193 cm³/mol. The number of rotatable bonds is 4. The molecule has 7 aromatic carbocycles. The van der Waals surface area contributed by atoms with Gasteiger partial charge >= 0.3 is 0 Å². The Bertz CT molecular complexity index is 2410. The van der Waals surface area contributed by atoms with Crippen LogP contribution in [-0.2, 0) is 0 Å². The fraction of sp³-hybridized carbons (Fsp3) is 0. The molecule has 0 radical (unpaired) electrons. The van der Waals surface area contributed by atoms with Gasteiger partial charge in [0.15, 0.2) is 0 Å². The molecule has 4 heteroatoms. The Labute approximate surface area is 273 Å². The van der Waals surface area contributed by atoms with Gasteiger partial charge in [-0.2, -0.15) is 0 Å². The third-order valence-corrected chi connectivity index (χ3v) is 9.05. The number of hydrogen-bond acceptors (Lipinski definition) is 3. The molecule has 0 saturated carbocycles. The molecule has 0 saturated heterocycles. The van der Waals surface area contributed by atoms with Crippen molar-refractivity contribution in [3.63, 3.8) is 0 Å². The molecule has 1 N–H and O–H groups in total. The van der Waals surface area contributed by atoms with E-state index in [0.717, 1.165) is 78.6 Å². The molecular weight excluding hydrogens is 574 g/mol. The molecule has 2 heterocycles. The average molecular weight is 604 g/mol. The highest BCUT2D eigenvalue weighted by molar-refractivity contribution is 6.04. The van der Waals surface area contributed by atoms with Crippen LogP contribution in [-0.4, -0.2) is 14.7 Å². The van der Waals surface area contributed by atoms with E-state index in [-0.39, 0.29) is 5.75 Å². The number of aromatic hydroxyl groups is 1. The molecule has 222 valence electrons. The summed E-state index contributed by atoms with van der Waals surface area (Å²) in [5.74, 6) is 1.16. The topological polar surface area (TPSA) is 41.3 Å². The van der Waals surface area contributed by atoms with E-state index in [1.54, 1.807) is 6.07 Å². The minimum atomic E-state index is 0.246. The molecule has 4 nitrogen and oxygen atoms in total. The summed E-state index contributed by atoms with van der Waals surface area (Å²) in [6, 6.07) is 58.6. The lowest BCUT2D eigenvalue weighted by atomic mass is 9.92. The summed E-state index contributed by atoms with van der Waals surface area (Å²) in [7, 11) is 0. The van der Waals surface area contributed by atoms with Crippen molar-refractivity contribution < 1.29 is 5.11 Å². The Morgan fingerprint density at radius 1 is 0.447 bits per heavy atom. The fourth-order valence-electron chi connectivity index (χ4n) is 6.90. The van der Waals surface area contributed by atoms with Crippen LogP contribution in [0.1, 0.15) is 0 Å². The minimum Gasteiger partial charge on any atom is -0.506 e. The van der Waals surface area contributed by atoms with Gasteiger partial charge in [-0.3, -0.25) is 4.57 Å². The summed E-state index contributed by atoms with van der Waals surface area (Å²) in [5.41, 5.74) is 13.5. The van der Waals surface area contributed by atoms with E-state index in [1.807, 2.05) is 36.4 Å². The van der Waals surface area contributed by atoms with Crippen LogP contribution < -0.4 is 4.90 Å². The van der Waals surface area contributed by atoms with Crippen molar-refractivity contribution in [3.8, 4) is 56.2 Å². The van der Waals surface area contributed by atoms with Crippen LogP contribution in [0, 0.1) is 0 Å². The van der Waals surface area contributed by atoms with Crippen molar-refractivity contribution in [2.45, 2.75) is 0 Å². The SMILES string of the molecule is Oc1cccc2c1N(c1ccccc1)c1ccc(-c3ccc(-c4nc5ccccc5n4-c4ccccc4)cc3)cc1-c1ccccc1-2.